The van der Waals surface area contributed by atoms with E-state index in [-0.39, 0.29) is 28.8 Å². The van der Waals surface area contributed by atoms with Crippen molar-refractivity contribution in [3.63, 3.8) is 0 Å². The first-order valence-electron chi connectivity index (χ1n) is 10.2. The third-order valence-electron chi connectivity index (χ3n) is 5.58. The van der Waals surface area contributed by atoms with Crippen LogP contribution in [0.15, 0.2) is 48.5 Å². The number of likely N-dealkylation sites (N-methyl/N-ethyl adjacent to an activating group) is 1. The zero-order valence-corrected chi connectivity index (χ0v) is 20.3. The molecule has 1 saturated heterocycles. The number of likely N-dealkylation sites (tertiary alicyclic amines) is 1. The Bertz CT molecular complexity index is 1050. The topological polar surface area (TPSA) is 81.2 Å². The maximum atomic E-state index is 13.3. The number of benzene rings is 2. The molecule has 0 aliphatic carbocycles. The second-order valence-electron chi connectivity index (χ2n) is 8.00. The average Bonchev–Trinajstić information content (AvgIpc) is 3.15. The second kappa shape index (κ2) is 10.4. The van der Waals surface area contributed by atoms with Crippen LogP contribution in [0.2, 0.25) is 10.0 Å². The standard InChI is InChI=1S/C22H27Cl2N3O4S/c1-25(21(16-6-4-3-5-7-16)14-26-11-10-18(28)13-26)22(29)15-27(32(2,30)31)20-9-8-17(23)12-19(20)24/h3-9,12,18,21,28H,10-11,13-15H2,1-2H3. The van der Waals surface area contributed by atoms with Gasteiger partial charge in [0.25, 0.3) is 0 Å². The molecule has 0 spiro atoms. The van der Waals surface area contributed by atoms with Gasteiger partial charge in [-0.1, -0.05) is 53.5 Å². The van der Waals surface area contributed by atoms with E-state index in [1.807, 2.05) is 30.3 Å². The molecular formula is C22H27Cl2N3O4S. The minimum atomic E-state index is -3.79. The Kier molecular flexibility index (Phi) is 8.06. The van der Waals surface area contributed by atoms with Crippen LogP contribution in [0.3, 0.4) is 0 Å². The van der Waals surface area contributed by atoms with Crippen molar-refractivity contribution in [1.29, 1.82) is 0 Å². The minimum absolute atomic E-state index is 0.143. The van der Waals surface area contributed by atoms with E-state index in [0.717, 1.165) is 22.7 Å². The zero-order valence-electron chi connectivity index (χ0n) is 18.0. The summed E-state index contributed by atoms with van der Waals surface area (Å²) in [6, 6.07) is 13.7. The van der Waals surface area contributed by atoms with Gasteiger partial charge >= 0.3 is 0 Å². The molecule has 1 amide bonds. The molecule has 0 radical (unpaired) electrons. The zero-order chi connectivity index (χ0) is 23.5. The summed E-state index contributed by atoms with van der Waals surface area (Å²) >= 11 is 12.2. The van der Waals surface area contributed by atoms with Gasteiger partial charge in [-0.05, 0) is 30.2 Å². The van der Waals surface area contributed by atoms with Crippen LogP contribution in [0.1, 0.15) is 18.0 Å². The Balaban J connectivity index is 1.86. The fraction of sp³-hybridized carbons (Fsp3) is 0.409. The van der Waals surface area contributed by atoms with Crippen LogP contribution in [0.25, 0.3) is 0 Å². The lowest BCUT2D eigenvalue weighted by molar-refractivity contribution is -0.130. The first-order valence-corrected chi connectivity index (χ1v) is 12.8. The van der Waals surface area contributed by atoms with Crippen LogP contribution >= 0.6 is 23.2 Å². The highest BCUT2D eigenvalue weighted by atomic mass is 35.5. The van der Waals surface area contributed by atoms with Gasteiger partial charge < -0.3 is 10.0 Å². The van der Waals surface area contributed by atoms with Crippen LogP contribution in [-0.4, -0.2) is 74.8 Å². The first kappa shape index (κ1) is 24.8. The lowest BCUT2D eigenvalue weighted by Crippen LogP contribution is -2.45. The van der Waals surface area contributed by atoms with Gasteiger partial charge in [0.2, 0.25) is 15.9 Å². The smallest absolute Gasteiger partial charge is 0.243 e. The number of sulfonamides is 1. The molecular weight excluding hydrogens is 473 g/mol. The van der Waals surface area contributed by atoms with Crippen molar-refractivity contribution in [3.8, 4) is 0 Å². The molecule has 1 N–H and O–H groups in total. The van der Waals surface area contributed by atoms with Gasteiger partial charge in [0.1, 0.15) is 6.54 Å². The maximum Gasteiger partial charge on any atom is 0.243 e. The number of carbonyl (C=O) groups excluding carboxylic acids is 1. The Morgan fingerprint density at radius 1 is 1.22 bits per heavy atom. The highest BCUT2D eigenvalue weighted by Gasteiger charge is 2.31. The number of amides is 1. The van der Waals surface area contributed by atoms with Crippen LogP contribution in [-0.2, 0) is 14.8 Å². The van der Waals surface area contributed by atoms with E-state index in [0.29, 0.717) is 24.5 Å². The summed E-state index contributed by atoms with van der Waals surface area (Å²) in [5.41, 5.74) is 1.12. The Hall–Kier alpha value is -1.84. The maximum absolute atomic E-state index is 13.3. The summed E-state index contributed by atoms with van der Waals surface area (Å²) in [5.74, 6) is -0.380. The van der Waals surface area contributed by atoms with Gasteiger partial charge in [0.05, 0.1) is 29.1 Å². The van der Waals surface area contributed by atoms with Crippen LogP contribution in [0.4, 0.5) is 5.69 Å². The van der Waals surface area contributed by atoms with E-state index >= 15 is 0 Å². The summed E-state index contributed by atoms with van der Waals surface area (Å²) in [4.78, 5) is 17.0. The Morgan fingerprint density at radius 2 is 1.91 bits per heavy atom. The van der Waals surface area contributed by atoms with Gasteiger partial charge in [-0.15, -0.1) is 0 Å². The largest absolute Gasteiger partial charge is 0.392 e. The van der Waals surface area contributed by atoms with Crippen molar-refractivity contribution in [2.45, 2.75) is 18.6 Å². The molecule has 0 bridgehead atoms. The Labute approximate surface area is 199 Å². The first-order chi connectivity index (χ1) is 15.1. The van der Waals surface area contributed by atoms with E-state index in [1.54, 1.807) is 11.9 Å². The van der Waals surface area contributed by atoms with E-state index in [4.69, 9.17) is 23.2 Å². The molecule has 2 atom stereocenters. The molecule has 1 aliphatic heterocycles. The van der Waals surface area contributed by atoms with E-state index in [2.05, 4.69) is 4.90 Å². The molecule has 2 aromatic carbocycles. The van der Waals surface area contributed by atoms with Gasteiger partial charge in [-0.3, -0.25) is 14.0 Å². The van der Waals surface area contributed by atoms with Gasteiger partial charge in [0.15, 0.2) is 0 Å². The lowest BCUT2D eigenvalue weighted by Gasteiger charge is -2.33. The lowest BCUT2D eigenvalue weighted by atomic mass is 10.0. The third-order valence-corrected chi connectivity index (χ3v) is 7.25. The predicted octanol–water partition coefficient (Wildman–Crippen LogP) is 3.03. The van der Waals surface area contributed by atoms with Crippen molar-refractivity contribution >= 4 is 44.8 Å². The SMILES string of the molecule is CN(C(=O)CN(c1ccc(Cl)cc1Cl)S(C)(=O)=O)C(CN1CCC(O)C1)c1ccccc1. The van der Waals surface area contributed by atoms with E-state index in [1.165, 1.54) is 18.2 Å². The summed E-state index contributed by atoms with van der Waals surface area (Å²) in [6.07, 6.45) is 1.35. The van der Waals surface area contributed by atoms with Crippen LogP contribution < -0.4 is 4.31 Å². The molecule has 0 saturated carbocycles. The molecule has 2 aromatic rings. The molecule has 0 aromatic heterocycles. The fourth-order valence-corrected chi connectivity index (χ4v) is 5.24. The van der Waals surface area contributed by atoms with Crippen molar-refractivity contribution in [1.82, 2.24) is 9.80 Å². The third kappa shape index (κ3) is 6.14. The molecule has 2 unspecified atom stereocenters. The number of rotatable bonds is 8. The van der Waals surface area contributed by atoms with Crippen molar-refractivity contribution in [2.24, 2.45) is 0 Å². The van der Waals surface area contributed by atoms with Crippen molar-refractivity contribution in [2.75, 3.05) is 43.8 Å². The minimum Gasteiger partial charge on any atom is -0.392 e. The van der Waals surface area contributed by atoms with E-state index in [9.17, 15) is 18.3 Å². The quantitative estimate of drug-likeness (QED) is 0.603. The summed E-state index contributed by atoms with van der Waals surface area (Å²) in [7, 11) is -2.12. The number of nitrogens with zero attached hydrogens (tertiary/aromatic N) is 3. The van der Waals surface area contributed by atoms with Crippen LogP contribution in [0.5, 0.6) is 0 Å². The number of hydrogen-bond donors (Lipinski definition) is 1. The monoisotopic (exact) mass is 499 g/mol. The molecule has 1 heterocycles. The molecule has 174 valence electrons. The predicted molar refractivity (Wildman–Crippen MR) is 128 cm³/mol. The molecule has 3 rings (SSSR count). The number of carbonyl (C=O) groups is 1. The highest BCUT2D eigenvalue weighted by Crippen LogP contribution is 2.31. The molecule has 32 heavy (non-hydrogen) atoms. The van der Waals surface area contributed by atoms with Crippen LogP contribution in [0, 0.1) is 0 Å². The molecule has 7 nitrogen and oxygen atoms in total. The summed E-state index contributed by atoms with van der Waals surface area (Å²) in [5, 5.41) is 10.4. The fourth-order valence-electron chi connectivity index (χ4n) is 3.82. The number of halogens is 2. The number of anilines is 1. The normalized spacial score (nSPS) is 17.8. The van der Waals surface area contributed by atoms with Gasteiger partial charge in [-0.25, -0.2) is 8.42 Å². The number of β-amino-alcohol motifs (C(OH)–C–C–N with tert-alkyl or cyclic N) is 1. The summed E-state index contributed by atoms with van der Waals surface area (Å²) in [6.45, 7) is 1.41. The summed E-state index contributed by atoms with van der Waals surface area (Å²) < 4.78 is 26.0. The molecule has 10 heteroatoms. The Morgan fingerprint density at radius 3 is 2.47 bits per heavy atom. The highest BCUT2D eigenvalue weighted by molar-refractivity contribution is 7.92. The average molecular weight is 500 g/mol. The molecule has 1 aliphatic rings. The van der Waals surface area contributed by atoms with Crippen molar-refractivity contribution < 1.29 is 18.3 Å². The number of hydrogen-bond acceptors (Lipinski definition) is 5. The second-order valence-corrected chi connectivity index (χ2v) is 10.7. The van der Waals surface area contributed by atoms with Crippen molar-refractivity contribution in [3.05, 3.63) is 64.1 Å². The molecule has 1 fully saturated rings. The van der Waals surface area contributed by atoms with E-state index < -0.39 is 16.6 Å². The van der Waals surface area contributed by atoms with Gasteiger partial charge in [0, 0.05) is 31.7 Å². The van der Waals surface area contributed by atoms with Gasteiger partial charge in [-0.2, -0.15) is 0 Å². The number of aliphatic hydroxyl groups is 1. The number of aliphatic hydroxyl groups excluding tert-OH is 1.